The van der Waals surface area contributed by atoms with E-state index in [1.165, 1.54) is 0 Å². The molecule has 92 valence electrons. The molecular formula is C15H15NO2. The maximum atomic E-state index is 11.2. The van der Waals surface area contributed by atoms with Gasteiger partial charge in [-0.15, -0.1) is 0 Å². The summed E-state index contributed by atoms with van der Waals surface area (Å²) in [6.07, 6.45) is 3.78. The Labute approximate surface area is 105 Å². The molecule has 3 heteroatoms. The fourth-order valence-electron chi connectivity index (χ4n) is 2.95. The second-order valence-corrected chi connectivity index (χ2v) is 4.89. The summed E-state index contributed by atoms with van der Waals surface area (Å²) in [6, 6.07) is 3.86. The van der Waals surface area contributed by atoms with Crippen molar-refractivity contribution < 1.29 is 9.90 Å². The Bertz CT molecular complexity index is 696. The van der Waals surface area contributed by atoms with E-state index in [-0.39, 0.29) is 0 Å². The van der Waals surface area contributed by atoms with Gasteiger partial charge in [0.25, 0.3) is 0 Å². The van der Waals surface area contributed by atoms with Crippen molar-refractivity contribution in [1.82, 2.24) is 0 Å². The van der Waals surface area contributed by atoms with E-state index in [4.69, 9.17) is 5.73 Å². The first kappa shape index (κ1) is 11.2. The number of aldehydes is 1. The van der Waals surface area contributed by atoms with Crippen LogP contribution in [0.2, 0.25) is 0 Å². The Morgan fingerprint density at radius 3 is 2.78 bits per heavy atom. The molecule has 1 aromatic rings. The summed E-state index contributed by atoms with van der Waals surface area (Å²) in [5, 5.41) is 11.8. The van der Waals surface area contributed by atoms with Crippen LogP contribution in [0.5, 0.6) is 0 Å². The number of carbonyl (C=O) groups excluding carboxylic acids is 1. The molecule has 2 aliphatic rings. The normalized spacial score (nSPS) is 18.4. The minimum absolute atomic E-state index is 0.582. The Balaban J connectivity index is 2.54. The SMILES string of the molecule is CC(O)c1ccc2c3c1=C(C=O)CCC=3C(N)=C2. The third-order valence-corrected chi connectivity index (χ3v) is 3.79. The van der Waals surface area contributed by atoms with Crippen LogP contribution in [0.1, 0.15) is 37.0 Å². The van der Waals surface area contributed by atoms with Gasteiger partial charge >= 0.3 is 0 Å². The average Bonchev–Trinajstić information content (AvgIpc) is 2.68. The molecule has 0 fully saturated rings. The van der Waals surface area contributed by atoms with Crippen LogP contribution in [-0.4, -0.2) is 11.4 Å². The van der Waals surface area contributed by atoms with Gasteiger partial charge < -0.3 is 10.8 Å². The van der Waals surface area contributed by atoms with E-state index < -0.39 is 6.10 Å². The predicted octanol–water partition coefficient (Wildman–Crippen LogP) is 0.347. The molecular weight excluding hydrogens is 226 g/mol. The summed E-state index contributed by atoms with van der Waals surface area (Å²) >= 11 is 0. The van der Waals surface area contributed by atoms with E-state index in [1.807, 2.05) is 18.2 Å². The third kappa shape index (κ3) is 1.37. The minimum Gasteiger partial charge on any atom is -0.398 e. The summed E-state index contributed by atoms with van der Waals surface area (Å²) < 4.78 is 0. The first-order valence-electron chi connectivity index (χ1n) is 6.13. The van der Waals surface area contributed by atoms with Crippen molar-refractivity contribution in [1.29, 1.82) is 0 Å². The standard InChI is InChI=1S/C15H15NO2/c1-8(18)11-4-2-9-6-13(16)12-5-3-10(7-17)15(11)14(9)12/h2,4,6-8,18H,3,5,16H2,1H3. The Morgan fingerprint density at radius 1 is 1.33 bits per heavy atom. The molecule has 0 saturated heterocycles. The number of aliphatic hydroxyl groups is 1. The summed E-state index contributed by atoms with van der Waals surface area (Å²) in [7, 11) is 0. The number of hydrogen-bond donors (Lipinski definition) is 2. The fraction of sp³-hybridized carbons (Fsp3) is 0.267. The largest absolute Gasteiger partial charge is 0.398 e. The van der Waals surface area contributed by atoms with Crippen LogP contribution in [0.25, 0.3) is 17.2 Å². The molecule has 0 heterocycles. The molecule has 18 heavy (non-hydrogen) atoms. The van der Waals surface area contributed by atoms with Crippen molar-refractivity contribution in [2.24, 2.45) is 5.73 Å². The highest BCUT2D eigenvalue weighted by atomic mass is 16.3. The van der Waals surface area contributed by atoms with E-state index in [1.54, 1.807) is 6.92 Å². The van der Waals surface area contributed by atoms with Gasteiger partial charge in [0.15, 0.2) is 0 Å². The van der Waals surface area contributed by atoms with Gasteiger partial charge in [-0.1, -0.05) is 12.1 Å². The molecule has 0 spiro atoms. The Morgan fingerprint density at radius 2 is 2.11 bits per heavy atom. The lowest BCUT2D eigenvalue weighted by molar-refractivity contribution is -0.103. The molecule has 0 bridgehead atoms. The maximum absolute atomic E-state index is 11.2. The topological polar surface area (TPSA) is 63.3 Å². The summed E-state index contributed by atoms with van der Waals surface area (Å²) in [4.78, 5) is 11.2. The van der Waals surface area contributed by atoms with E-state index >= 15 is 0 Å². The quantitative estimate of drug-likeness (QED) is 0.734. The monoisotopic (exact) mass is 241 g/mol. The predicted molar refractivity (Wildman–Crippen MR) is 70.6 cm³/mol. The summed E-state index contributed by atoms with van der Waals surface area (Å²) in [6.45, 7) is 1.72. The van der Waals surface area contributed by atoms with Crippen LogP contribution in [0, 0.1) is 0 Å². The smallest absolute Gasteiger partial charge is 0.146 e. The van der Waals surface area contributed by atoms with Crippen LogP contribution in [0.3, 0.4) is 0 Å². The highest BCUT2D eigenvalue weighted by molar-refractivity contribution is 6.01. The van der Waals surface area contributed by atoms with E-state index in [9.17, 15) is 9.90 Å². The molecule has 3 rings (SSSR count). The van der Waals surface area contributed by atoms with E-state index in [2.05, 4.69) is 0 Å². The second-order valence-electron chi connectivity index (χ2n) is 4.89. The van der Waals surface area contributed by atoms with Gasteiger partial charge in [0, 0.05) is 11.3 Å². The van der Waals surface area contributed by atoms with Crippen molar-refractivity contribution in [2.45, 2.75) is 25.9 Å². The Hall–Kier alpha value is -1.87. The molecule has 0 aliphatic heterocycles. The zero-order valence-corrected chi connectivity index (χ0v) is 10.2. The lowest BCUT2D eigenvalue weighted by atomic mass is 9.90. The maximum Gasteiger partial charge on any atom is 0.146 e. The van der Waals surface area contributed by atoms with Crippen LogP contribution < -0.4 is 16.2 Å². The number of rotatable bonds is 2. The highest BCUT2D eigenvalue weighted by Crippen LogP contribution is 2.25. The first-order valence-corrected chi connectivity index (χ1v) is 6.13. The zero-order valence-electron chi connectivity index (χ0n) is 10.2. The lowest BCUT2D eigenvalue weighted by Crippen LogP contribution is -2.37. The number of allylic oxidation sites excluding steroid dienone is 1. The number of aliphatic hydroxyl groups excluding tert-OH is 1. The molecule has 0 saturated carbocycles. The van der Waals surface area contributed by atoms with Crippen molar-refractivity contribution in [3.63, 3.8) is 0 Å². The number of nitrogens with two attached hydrogens (primary N) is 1. The third-order valence-electron chi connectivity index (χ3n) is 3.79. The number of carbonyl (C=O) groups is 1. The van der Waals surface area contributed by atoms with Gasteiger partial charge in [-0.2, -0.15) is 0 Å². The van der Waals surface area contributed by atoms with Crippen LogP contribution in [0.4, 0.5) is 0 Å². The van der Waals surface area contributed by atoms with Crippen molar-refractivity contribution >= 4 is 23.5 Å². The molecule has 2 aliphatic carbocycles. The fourth-order valence-corrected chi connectivity index (χ4v) is 2.95. The van der Waals surface area contributed by atoms with E-state index in [0.717, 1.165) is 51.1 Å². The molecule has 3 nitrogen and oxygen atoms in total. The Kier molecular flexibility index (Phi) is 2.38. The second kappa shape index (κ2) is 3.82. The van der Waals surface area contributed by atoms with Gasteiger partial charge in [-0.3, -0.25) is 4.79 Å². The molecule has 3 N–H and O–H groups in total. The van der Waals surface area contributed by atoms with Crippen LogP contribution in [-0.2, 0) is 4.79 Å². The van der Waals surface area contributed by atoms with Crippen molar-refractivity contribution in [3.05, 3.63) is 39.4 Å². The van der Waals surface area contributed by atoms with Crippen molar-refractivity contribution in [3.8, 4) is 0 Å². The van der Waals surface area contributed by atoms with Crippen molar-refractivity contribution in [2.75, 3.05) is 0 Å². The minimum atomic E-state index is -0.582. The zero-order chi connectivity index (χ0) is 12.9. The molecule has 0 aromatic heterocycles. The molecule has 1 atom stereocenters. The highest BCUT2D eigenvalue weighted by Gasteiger charge is 2.21. The molecule has 1 aromatic carbocycles. The van der Waals surface area contributed by atoms with Gasteiger partial charge in [0.05, 0.1) is 6.10 Å². The van der Waals surface area contributed by atoms with Gasteiger partial charge in [0.2, 0.25) is 0 Å². The summed E-state index contributed by atoms with van der Waals surface area (Å²) in [5.41, 5.74) is 10.6. The van der Waals surface area contributed by atoms with Gasteiger partial charge in [-0.05, 0) is 53.0 Å². The first-order chi connectivity index (χ1) is 8.63. The van der Waals surface area contributed by atoms with E-state index in [0.29, 0.717) is 6.42 Å². The molecule has 1 unspecified atom stereocenters. The number of hydrogen-bond acceptors (Lipinski definition) is 3. The lowest BCUT2D eigenvalue weighted by Gasteiger charge is -2.15. The van der Waals surface area contributed by atoms with Crippen LogP contribution >= 0.6 is 0 Å². The molecule has 0 radical (unpaired) electrons. The average molecular weight is 241 g/mol. The van der Waals surface area contributed by atoms with Gasteiger partial charge in [-0.25, -0.2) is 0 Å². The number of benzene rings is 1. The summed E-state index contributed by atoms with van der Waals surface area (Å²) in [5.74, 6) is 0. The molecule has 0 amide bonds. The van der Waals surface area contributed by atoms with Gasteiger partial charge in [0.1, 0.15) is 6.29 Å². The van der Waals surface area contributed by atoms with Crippen LogP contribution in [0.15, 0.2) is 17.8 Å².